The van der Waals surface area contributed by atoms with E-state index in [0.717, 1.165) is 0 Å². The van der Waals surface area contributed by atoms with E-state index in [2.05, 4.69) is 4.74 Å². The number of ketones is 1. The smallest absolute Gasteiger partial charge is 0.321 e. The molecule has 1 saturated heterocycles. The Hall–Kier alpha value is -2.24. The molecule has 0 saturated carbocycles. The van der Waals surface area contributed by atoms with Crippen molar-refractivity contribution >= 4 is 17.7 Å². The number of methoxy groups -OCH3 is 1. The second-order valence-electron chi connectivity index (χ2n) is 6.21. The summed E-state index contributed by atoms with van der Waals surface area (Å²) in [7, 11) is 1.18. The molecule has 3 atom stereocenters. The van der Waals surface area contributed by atoms with Gasteiger partial charge >= 0.3 is 11.9 Å². The van der Waals surface area contributed by atoms with Gasteiger partial charge in [0.05, 0.1) is 7.11 Å². The monoisotopic (exact) mass is 322 g/mol. The lowest BCUT2D eigenvalue weighted by atomic mass is 9.72. The summed E-state index contributed by atoms with van der Waals surface area (Å²) in [6, 6.07) is 5.15. The van der Waals surface area contributed by atoms with Gasteiger partial charge in [0.15, 0.2) is 11.7 Å². The summed E-state index contributed by atoms with van der Waals surface area (Å²) >= 11 is 0. The first-order valence-electron chi connectivity index (χ1n) is 7.29. The maximum Gasteiger partial charge on any atom is 0.321 e. The highest BCUT2D eigenvalue weighted by atomic mass is 19.1. The van der Waals surface area contributed by atoms with Gasteiger partial charge in [-0.3, -0.25) is 14.4 Å². The van der Waals surface area contributed by atoms with Crippen LogP contribution in [0.15, 0.2) is 24.3 Å². The number of carbonyl (C=O) groups is 3. The van der Waals surface area contributed by atoms with Gasteiger partial charge in [0, 0.05) is 17.4 Å². The predicted molar refractivity (Wildman–Crippen MR) is 79.1 cm³/mol. The van der Waals surface area contributed by atoms with Crippen molar-refractivity contribution in [2.24, 2.45) is 17.8 Å². The SMILES string of the molecule is COC(=O)[C@@H]1C(=O)OC(C)(C)[C@H]1[C@H](C)C(=O)c1ccc(F)cc1. The third-order valence-electron chi connectivity index (χ3n) is 4.32. The number of Topliss-reactive ketones (excluding diaryl/α,β-unsaturated/α-hetero) is 1. The average Bonchev–Trinajstić information content (AvgIpc) is 2.74. The van der Waals surface area contributed by atoms with E-state index in [0.29, 0.717) is 5.56 Å². The van der Waals surface area contributed by atoms with Gasteiger partial charge in [0.1, 0.15) is 11.4 Å². The van der Waals surface area contributed by atoms with Crippen LogP contribution in [0.1, 0.15) is 31.1 Å². The molecular formula is C17H19FO5. The number of hydrogen-bond acceptors (Lipinski definition) is 5. The van der Waals surface area contributed by atoms with Crippen molar-refractivity contribution in [1.82, 2.24) is 0 Å². The van der Waals surface area contributed by atoms with Gasteiger partial charge in [0.2, 0.25) is 0 Å². The minimum atomic E-state index is -1.14. The molecule has 0 amide bonds. The fraction of sp³-hybridized carbons (Fsp3) is 0.471. The van der Waals surface area contributed by atoms with Crippen LogP contribution in [0.25, 0.3) is 0 Å². The third-order valence-corrected chi connectivity index (χ3v) is 4.32. The Balaban J connectivity index is 2.35. The molecular weight excluding hydrogens is 303 g/mol. The second-order valence-corrected chi connectivity index (χ2v) is 6.21. The normalized spacial score (nSPS) is 24.0. The van der Waals surface area contributed by atoms with Crippen LogP contribution in [0.2, 0.25) is 0 Å². The zero-order valence-electron chi connectivity index (χ0n) is 13.5. The number of rotatable bonds is 4. The highest BCUT2D eigenvalue weighted by Gasteiger charge is 2.57. The zero-order chi connectivity index (χ0) is 17.4. The Morgan fingerprint density at radius 1 is 1.26 bits per heavy atom. The molecule has 0 aliphatic carbocycles. The van der Waals surface area contributed by atoms with Crippen LogP contribution in [0.3, 0.4) is 0 Å². The molecule has 1 heterocycles. The lowest BCUT2D eigenvalue weighted by Crippen LogP contribution is -2.41. The maximum absolute atomic E-state index is 13.0. The first-order valence-corrected chi connectivity index (χ1v) is 7.29. The molecule has 5 nitrogen and oxygen atoms in total. The molecule has 2 rings (SSSR count). The number of ether oxygens (including phenoxy) is 2. The molecule has 1 aromatic carbocycles. The molecule has 0 radical (unpaired) electrons. The van der Waals surface area contributed by atoms with Crippen molar-refractivity contribution < 1.29 is 28.2 Å². The summed E-state index contributed by atoms with van der Waals surface area (Å²) in [6.45, 7) is 4.95. The molecule has 1 aliphatic heterocycles. The van der Waals surface area contributed by atoms with Crippen LogP contribution in [-0.4, -0.2) is 30.4 Å². The quantitative estimate of drug-likeness (QED) is 0.483. The van der Waals surface area contributed by atoms with E-state index in [1.807, 2.05) is 0 Å². The summed E-state index contributed by atoms with van der Waals surface area (Å²) in [4.78, 5) is 36.6. The molecule has 1 fully saturated rings. The Labute approximate surface area is 133 Å². The van der Waals surface area contributed by atoms with Crippen LogP contribution in [0.4, 0.5) is 4.39 Å². The van der Waals surface area contributed by atoms with Crippen molar-refractivity contribution in [3.63, 3.8) is 0 Å². The van der Waals surface area contributed by atoms with Crippen LogP contribution in [0, 0.1) is 23.6 Å². The van der Waals surface area contributed by atoms with Gasteiger partial charge in [-0.2, -0.15) is 0 Å². The van der Waals surface area contributed by atoms with Crippen molar-refractivity contribution in [2.75, 3.05) is 7.11 Å². The van der Waals surface area contributed by atoms with Crippen LogP contribution in [0.5, 0.6) is 0 Å². The molecule has 0 unspecified atom stereocenters. The van der Waals surface area contributed by atoms with Gasteiger partial charge in [-0.15, -0.1) is 0 Å². The van der Waals surface area contributed by atoms with E-state index in [1.165, 1.54) is 31.4 Å². The first kappa shape index (κ1) is 17.1. The lowest BCUT2D eigenvalue weighted by molar-refractivity contribution is -0.156. The number of hydrogen-bond donors (Lipinski definition) is 0. The molecule has 23 heavy (non-hydrogen) atoms. The Bertz CT molecular complexity index is 635. The van der Waals surface area contributed by atoms with E-state index in [4.69, 9.17) is 4.74 Å². The summed E-state index contributed by atoms with van der Waals surface area (Å²) in [5.74, 6) is -4.62. The van der Waals surface area contributed by atoms with Crippen molar-refractivity contribution in [2.45, 2.75) is 26.4 Å². The van der Waals surface area contributed by atoms with Crippen molar-refractivity contribution in [1.29, 1.82) is 0 Å². The average molecular weight is 322 g/mol. The number of esters is 2. The molecule has 0 spiro atoms. The molecule has 124 valence electrons. The minimum Gasteiger partial charge on any atom is -0.468 e. The Morgan fingerprint density at radius 3 is 2.35 bits per heavy atom. The van der Waals surface area contributed by atoms with Gasteiger partial charge in [0.25, 0.3) is 0 Å². The summed E-state index contributed by atoms with van der Waals surface area (Å²) in [5, 5.41) is 0. The van der Waals surface area contributed by atoms with Crippen LogP contribution < -0.4 is 0 Å². The highest BCUT2D eigenvalue weighted by Crippen LogP contribution is 2.43. The van der Waals surface area contributed by atoms with E-state index in [-0.39, 0.29) is 5.78 Å². The third kappa shape index (κ3) is 3.11. The van der Waals surface area contributed by atoms with Crippen molar-refractivity contribution in [3.8, 4) is 0 Å². The van der Waals surface area contributed by atoms with Crippen LogP contribution >= 0.6 is 0 Å². The number of benzene rings is 1. The maximum atomic E-state index is 13.0. The fourth-order valence-corrected chi connectivity index (χ4v) is 3.24. The molecule has 0 bridgehead atoms. The van der Waals surface area contributed by atoms with Gasteiger partial charge < -0.3 is 9.47 Å². The molecule has 6 heteroatoms. The number of cyclic esters (lactones) is 1. The second kappa shape index (κ2) is 6.10. The largest absolute Gasteiger partial charge is 0.468 e. The Kier molecular flexibility index (Phi) is 4.54. The minimum absolute atomic E-state index is 0.282. The van der Waals surface area contributed by atoms with E-state index < -0.39 is 41.1 Å². The van der Waals surface area contributed by atoms with E-state index in [1.54, 1.807) is 20.8 Å². The number of carbonyl (C=O) groups excluding carboxylic acids is 3. The Morgan fingerprint density at radius 2 is 1.83 bits per heavy atom. The van der Waals surface area contributed by atoms with Gasteiger partial charge in [-0.05, 0) is 38.1 Å². The van der Waals surface area contributed by atoms with Gasteiger partial charge in [-0.1, -0.05) is 6.92 Å². The standard InChI is InChI=1S/C17H19FO5/c1-9(14(19)10-5-7-11(18)8-6-10)13-12(15(20)22-4)16(21)23-17(13,2)3/h5-9,12-13H,1-4H3/t9-,12+,13-/m0/s1. The van der Waals surface area contributed by atoms with Gasteiger partial charge in [-0.25, -0.2) is 4.39 Å². The van der Waals surface area contributed by atoms with Crippen molar-refractivity contribution in [3.05, 3.63) is 35.6 Å². The number of halogens is 1. The highest BCUT2D eigenvalue weighted by molar-refractivity contribution is 6.01. The van der Waals surface area contributed by atoms with E-state index >= 15 is 0 Å². The predicted octanol–water partition coefficient (Wildman–Crippen LogP) is 2.39. The topological polar surface area (TPSA) is 69.7 Å². The summed E-state index contributed by atoms with van der Waals surface area (Å²) in [6.07, 6.45) is 0. The first-order chi connectivity index (χ1) is 10.7. The summed E-state index contributed by atoms with van der Waals surface area (Å²) in [5.41, 5.74) is -0.664. The zero-order valence-corrected chi connectivity index (χ0v) is 13.5. The molecule has 0 aromatic heterocycles. The van der Waals surface area contributed by atoms with Crippen LogP contribution in [-0.2, 0) is 19.1 Å². The lowest BCUT2D eigenvalue weighted by Gasteiger charge is -2.30. The molecule has 1 aliphatic rings. The fourth-order valence-electron chi connectivity index (χ4n) is 3.24. The molecule has 1 aromatic rings. The molecule has 0 N–H and O–H groups in total. The summed E-state index contributed by atoms with van der Waals surface area (Å²) < 4.78 is 23.0. The van der Waals surface area contributed by atoms with E-state index in [9.17, 15) is 18.8 Å².